The van der Waals surface area contributed by atoms with Crippen molar-refractivity contribution in [1.82, 2.24) is 4.98 Å². The number of aryl methyl sites for hydroxylation is 2. The molecule has 0 aliphatic heterocycles. The summed E-state index contributed by atoms with van der Waals surface area (Å²) in [7, 11) is 0. The van der Waals surface area contributed by atoms with Gasteiger partial charge in [-0.25, -0.2) is 4.98 Å². The number of rotatable bonds is 7. The standard InChI is InChI=1S/C23H23ClN2OS2/c24-19-9-11-20(12-10-19)28-13-3-6-22(27)26-23-25-21(15-29-23)18-8-7-16-4-1-2-5-17(16)14-18/h7-12,14-15H,1-6,13H2,(H,25,26,27). The molecule has 1 N–H and O–H groups in total. The number of nitrogens with one attached hydrogen (secondary N) is 1. The number of carbonyl (C=O) groups is 1. The lowest BCUT2D eigenvalue weighted by molar-refractivity contribution is -0.116. The van der Waals surface area contributed by atoms with E-state index in [1.165, 1.54) is 46.6 Å². The normalized spacial score (nSPS) is 13.1. The molecule has 3 nitrogen and oxygen atoms in total. The molecule has 1 aromatic heterocycles. The second-order valence-corrected chi connectivity index (χ2v) is 9.65. The van der Waals surface area contributed by atoms with Crippen LogP contribution in [0.4, 0.5) is 5.13 Å². The summed E-state index contributed by atoms with van der Waals surface area (Å²) in [4.78, 5) is 18.0. The molecular weight excluding hydrogens is 420 g/mol. The van der Waals surface area contributed by atoms with Crippen molar-refractivity contribution >= 4 is 45.7 Å². The lowest BCUT2D eigenvalue weighted by Gasteiger charge is -2.16. The van der Waals surface area contributed by atoms with Crippen LogP contribution in [0.1, 0.15) is 36.8 Å². The predicted octanol–water partition coefficient (Wildman–Crippen LogP) is 6.85. The molecule has 1 aliphatic rings. The molecule has 6 heteroatoms. The van der Waals surface area contributed by atoms with E-state index in [0.29, 0.717) is 11.6 Å². The minimum atomic E-state index is 0.0213. The third kappa shape index (κ3) is 5.62. The molecule has 150 valence electrons. The van der Waals surface area contributed by atoms with Gasteiger partial charge in [-0.05, 0) is 79.3 Å². The van der Waals surface area contributed by atoms with Crippen LogP contribution in [0.25, 0.3) is 11.3 Å². The van der Waals surface area contributed by atoms with Crippen LogP contribution in [-0.2, 0) is 17.6 Å². The van der Waals surface area contributed by atoms with E-state index in [4.69, 9.17) is 11.6 Å². The van der Waals surface area contributed by atoms with Crippen LogP contribution < -0.4 is 5.32 Å². The number of carbonyl (C=O) groups excluding carboxylic acids is 1. The Balaban J connectivity index is 1.26. The molecule has 0 radical (unpaired) electrons. The molecule has 29 heavy (non-hydrogen) atoms. The van der Waals surface area contributed by atoms with Gasteiger partial charge in [-0.3, -0.25) is 4.79 Å². The van der Waals surface area contributed by atoms with Gasteiger partial charge in [0.05, 0.1) is 5.69 Å². The average Bonchev–Trinajstić information content (AvgIpc) is 3.20. The molecule has 2 aromatic carbocycles. The summed E-state index contributed by atoms with van der Waals surface area (Å²) in [5.41, 5.74) is 5.00. The van der Waals surface area contributed by atoms with Crippen LogP contribution in [0.3, 0.4) is 0 Å². The van der Waals surface area contributed by atoms with Gasteiger partial charge < -0.3 is 5.32 Å². The lowest BCUT2D eigenvalue weighted by atomic mass is 9.90. The molecule has 1 amide bonds. The third-order valence-electron chi connectivity index (χ3n) is 5.03. The number of fused-ring (bicyclic) bond motifs is 1. The number of hydrogen-bond donors (Lipinski definition) is 1. The molecule has 0 unspecified atom stereocenters. The summed E-state index contributed by atoms with van der Waals surface area (Å²) in [5.74, 6) is 0.917. The average molecular weight is 443 g/mol. The first-order valence-electron chi connectivity index (χ1n) is 9.93. The largest absolute Gasteiger partial charge is 0.302 e. The number of hydrogen-bond acceptors (Lipinski definition) is 4. The van der Waals surface area contributed by atoms with Crippen LogP contribution in [0.15, 0.2) is 52.7 Å². The van der Waals surface area contributed by atoms with E-state index in [0.717, 1.165) is 34.9 Å². The van der Waals surface area contributed by atoms with E-state index in [1.54, 1.807) is 11.8 Å². The van der Waals surface area contributed by atoms with Gasteiger partial charge in [-0.2, -0.15) is 0 Å². The summed E-state index contributed by atoms with van der Waals surface area (Å²) in [6, 6.07) is 14.4. The van der Waals surface area contributed by atoms with Crippen molar-refractivity contribution in [1.29, 1.82) is 0 Å². The van der Waals surface area contributed by atoms with Crippen LogP contribution in [0.2, 0.25) is 5.02 Å². The van der Waals surface area contributed by atoms with Gasteiger partial charge in [0.1, 0.15) is 0 Å². The van der Waals surface area contributed by atoms with Crippen molar-refractivity contribution in [2.45, 2.75) is 43.4 Å². The Labute approximate surface area is 184 Å². The maximum absolute atomic E-state index is 12.2. The summed E-state index contributed by atoms with van der Waals surface area (Å²) in [6.07, 6.45) is 6.22. The summed E-state index contributed by atoms with van der Waals surface area (Å²) < 4.78 is 0. The van der Waals surface area contributed by atoms with E-state index in [-0.39, 0.29) is 5.91 Å². The minimum absolute atomic E-state index is 0.0213. The number of halogens is 1. The number of thiazole rings is 1. The van der Waals surface area contributed by atoms with E-state index < -0.39 is 0 Å². The first-order valence-corrected chi connectivity index (χ1v) is 12.2. The highest BCUT2D eigenvalue weighted by Crippen LogP contribution is 2.30. The fourth-order valence-corrected chi connectivity index (χ4v) is 5.21. The summed E-state index contributed by atoms with van der Waals surface area (Å²) in [5, 5.41) is 6.38. The highest BCUT2D eigenvalue weighted by atomic mass is 35.5. The fourth-order valence-electron chi connectivity index (χ4n) is 3.49. The van der Waals surface area contributed by atoms with Crippen molar-refractivity contribution in [3.05, 3.63) is 64.0 Å². The Morgan fingerprint density at radius 2 is 1.90 bits per heavy atom. The second-order valence-electron chi connectivity index (χ2n) is 7.18. The third-order valence-corrected chi connectivity index (χ3v) is 7.13. The molecular formula is C23H23ClN2OS2. The fraction of sp³-hybridized carbons (Fsp3) is 0.304. The second kappa shape index (κ2) is 9.79. The molecule has 0 bridgehead atoms. The smallest absolute Gasteiger partial charge is 0.226 e. The highest BCUT2D eigenvalue weighted by molar-refractivity contribution is 7.99. The molecule has 1 heterocycles. The molecule has 4 rings (SSSR count). The summed E-state index contributed by atoms with van der Waals surface area (Å²) in [6.45, 7) is 0. The van der Waals surface area contributed by atoms with Gasteiger partial charge >= 0.3 is 0 Å². The molecule has 3 aromatic rings. The topological polar surface area (TPSA) is 42.0 Å². The SMILES string of the molecule is O=C(CCCSc1ccc(Cl)cc1)Nc1nc(-c2ccc3c(c2)CCCC3)cs1. The monoisotopic (exact) mass is 442 g/mol. The maximum Gasteiger partial charge on any atom is 0.226 e. The first-order chi connectivity index (χ1) is 14.2. The maximum atomic E-state index is 12.2. The number of anilines is 1. The van der Waals surface area contributed by atoms with Gasteiger partial charge in [-0.1, -0.05) is 23.7 Å². The van der Waals surface area contributed by atoms with Crippen molar-refractivity contribution in [2.24, 2.45) is 0 Å². The number of benzene rings is 2. The van der Waals surface area contributed by atoms with Crippen molar-refractivity contribution in [3.8, 4) is 11.3 Å². The zero-order valence-corrected chi connectivity index (χ0v) is 18.5. The van der Waals surface area contributed by atoms with E-state index in [1.807, 2.05) is 29.6 Å². The number of thioether (sulfide) groups is 1. The predicted molar refractivity (Wildman–Crippen MR) is 124 cm³/mol. The van der Waals surface area contributed by atoms with Crippen LogP contribution in [0, 0.1) is 0 Å². The lowest BCUT2D eigenvalue weighted by Crippen LogP contribution is -2.11. The van der Waals surface area contributed by atoms with Gasteiger partial charge in [0.2, 0.25) is 5.91 Å². The first kappa shape index (κ1) is 20.5. The van der Waals surface area contributed by atoms with E-state index in [2.05, 4.69) is 28.5 Å². The minimum Gasteiger partial charge on any atom is -0.302 e. The molecule has 0 saturated carbocycles. The van der Waals surface area contributed by atoms with Crippen LogP contribution in [0.5, 0.6) is 0 Å². The van der Waals surface area contributed by atoms with Crippen LogP contribution >= 0.6 is 34.7 Å². The Bertz CT molecular complexity index is 985. The van der Waals surface area contributed by atoms with Crippen LogP contribution in [-0.4, -0.2) is 16.6 Å². The quantitative estimate of drug-likeness (QED) is 0.321. The van der Waals surface area contributed by atoms with Gasteiger partial charge in [0, 0.05) is 27.3 Å². The van der Waals surface area contributed by atoms with Crippen molar-refractivity contribution < 1.29 is 4.79 Å². The Hall–Kier alpha value is -1.82. The van der Waals surface area contributed by atoms with Gasteiger partial charge in [0.15, 0.2) is 5.13 Å². The van der Waals surface area contributed by atoms with Gasteiger partial charge in [-0.15, -0.1) is 23.1 Å². The van der Waals surface area contributed by atoms with E-state index in [9.17, 15) is 4.79 Å². The molecule has 1 aliphatic carbocycles. The number of amides is 1. The molecule has 0 saturated heterocycles. The van der Waals surface area contributed by atoms with Crippen molar-refractivity contribution in [2.75, 3.05) is 11.1 Å². The molecule has 0 fully saturated rings. The zero-order chi connectivity index (χ0) is 20.1. The molecule has 0 atom stereocenters. The van der Waals surface area contributed by atoms with E-state index >= 15 is 0 Å². The number of nitrogens with zero attached hydrogens (tertiary/aromatic N) is 1. The zero-order valence-electron chi connectivity index (χ0n) is 16.1. The van der Waals surface area contributed by atoms with Gasteiger partial charge in [0.25, 0.3) is 0 Å². The number of aromatic nitrogens is 1. The Kier molecular flexibility index (Phi) is 6.90. The Morgan fingerprint density at radius 3 is 2.72 bits per heavy atom. The summed E-state index contributed by atoms with van der Waals surface area (Å²) >= 11 is 9.12. The molecule has 0 spiro atoms. The highest BCUT2D eigenvalue weighted by Gasteiger charge is 2.12. The van der Waals surface area contributed by atoms with Crippen molar-refractivity contribution in [3.63, 3.8) is 0 Å². The Morgan fingerprint density at radius 1 is 1.10 bits per heavy atom.